The number of nitrogens with one attached hydrogen (secondary N) is 1. The van der Waals surface area contributed by atoms with Crippen LogP contribution in [0.1, 0.15) is 45.6 Å². The molecule has 0 aliphatic heterocycles. The van der Waals surface area contributed by atoms with Gasteiger partial charge in [-0.05, 0) is 52.6 Å². The van der Waals surface area contributed by atoms with Crippen molar-refractivity contribution >= 4 is 17.9 Å². The standard InChI is InChI=1S/C20H30N2O6/c1-19(2,3)28-16(23)15(21)11-8-12-20(22-4,17(24)25)18(26)27-13-14-9-6-5-7-10-14/h5-7,9-10,15,22H,8,11-13,21H2,1-4H3,(H,24,25)/t15?,20-/m0/s1. The maximum absolute atomic E-state index is 12.5. The van der Waals surface area contributed by atoms with Crippen LogP contribution in [0.3, 0.4) is 0 Å². The number of carbonyl (C=O) groups is 3. The van der Waals surface area contributed by atoms with E-state index in [1.54, 1.807) is 45.0 Å². The van der Waals surface area contributed by atoms with E-state index in [0.29, 0.717) is 0 Å². The van der Waals surface area contributed by atoms with E-state index in [0.717, 1.165) is 5.56 Å². The van der Waals surface area contributed by atoms with E-state index in [1.165, 1.54) is 7.05 Å². The lowest BCUT2D eigenvalue weighted by molar-refractivity contribution is -0.164. The lowest BCUT2D eigenvalue weighted by Crippen LogP contribution is -2.57. The fourth-order valence-corrected chi connectivity index (χ4v) is 2.56. The zero-order valence-electron chi connectivity index (χ0n) is 16.9. The fourth-order valence-electron chi connectivity index (χ4n) is 2.56. The van der Waals surface area contributed by atoms with E-state index in [4.69, 9.17) is 15.2 Å². The molecule has 0 aromatic heterocycles. The molecule has 0 saturated heterocycles. The van der Waals surface area contributed by atoms with Crippen molar-refractivity contribution in [3.8, 4) is 0 Å². The number of esters is 2. The van der Waals surface area contributed by atoms with Crippen molar-refractivity contribution in [3.63, 3.8) is 0 Å². The summed E-state index contributed by atoms with van der Waals surface area (Å²) in [4.78, 5) is 36.3. The first-order chi connectivity index (χ1) is 13.0. The van der Waals surface area contributed by atoms with Gasteiger partial charge >= 0.3 is 17.9 Å². The minimum absolute atomic E-state index is 0.0339. The highest BCUT2D eigenvalue weighted by Gasteiger charge is 2.46. The van der Waals surface area contributed by atoms with Crippen LogP contribution in [0, 0.1) is 0 Å². The van der Waals surface area contributed by atoms with Crippen molar-refractivity contribution < 1.29 is 29.0 Å². The Hall–Kier alpha value is -2.45. The third-order valence-electron chi connectivity index (χ3n) is 4.13. The van der Waals surface area contributed by atoms with E-state index >= 15 is 0 Å². The molecule has 0 saturated carbocycles. The zero-order valence-corrected chi connectivity index (χ0v) is 16.9. The van der Waals surface area contributed by atoms with Crippen LogP contribution < -0.4 is 11.1 Å². The third-order valence-corrected chi connectivity index (χ3v) is 4.13. The van der Waals surface area contributed by atoms with Gasteiger partial charge in [0.05, 0.1) is 0 Å². The Morgan fingerprint density at radius 1 is 1.18 bits per heavy atom. The van der Waals surface area contributed by atoms with Gasteiger partial charge in [0.15, 0.2) is 0 Å². The first-order valence-corrected chi connectivity index (χ1v) is 9.14. The second-order valence-electron chi connectivity index (χ2n) is 7.55. The van der Waals surface area contributed by atoms with E-state index in [-0.39, 0.29) is 25.9 Å². The average Bonchev–Trinajstić information content (AvgIpc) is 2.62. The second-order valence-corrected chi connectivity index (χ2v) is 7.55. The van der Waals surface area contributed by atoms with E-state index < -0.39 is 35.1 Å². The molecule has 8 nitrogen and oxygen atoms in total. The van der Waals surface area contributed by atoms with Gasteiger partial charge in [0.2, 0.25) is 5.54 Å². The normalized spacial score (nSPS) is 14.6. The molecule has 0 fully saturated rings. The predicted octanol–water partition coefficient (Wildman–Crippen LogP) is 1.61. The number of likely N-dealkylation sites (N-methyl/N-ethyl adjacent to an activating group) is 1. The Bertz CT molecular complexity index is 671. The Morgan fingerprint density at radius 3 is 2.29 bits per heavy atom. The van der Waals surface area contributed by atoms with Gasteiger partial charge in [0.1, 0.15) is 18.2 Å². The molecule has 1 aromatic rings. The molecule has 8 heteroatoms. The molecule has 28 heavy (non-hydrogen) atoms. The molecule has 1 unspecified atom stereocenters. The molecule has 1 rings (SSSR count). The molecular weight excluding hydrogens is 364 g/mol. The van der Waals surface area contributed by atoms with Gasteiger partial charge in [-0.3, -0.25) is 10.1 Å². The van der Waals surface area contributed by atoms with Gasteiger partial charge in [-0.25, -0.2) is 9.59 Å². The molecule has 4 N–H and O–H groups in total. The van der Waals surface area contributed by atoms with Crippen molar-refractivity contribution in [2.45, 2.75) is 63.8 Å². The summed E-state index contributed by atoms with van der Waals surface area (Å²) < 4.78 is 10.4. The summed E-state index contributed by atoms with van der Waals surface area (Å²) in [5, 5.41) is 12.2. The highest BCUT2D eigenvalue weighted by molar-refractivity contribution is 6.04. The number of carboxylic acid groups (broad SMARTS) is 1. The average molecular weight is 394 g/mol. The first-order valence-electron chi connectivity index (χ1n) is 9.14. The number of hydrogen-bond acceptors (Lipinski definition) is 7. The quantitative estimate of drug-likeness (QED) is 0.403. The summed E-state index contributed by atoms with van der Waals surface area (Å²) in [6, 6.07) is 8.06. The molecule has 0 amide bonds. The minimum atomic E-state index is -1.91. The van der Waals surface area contributed by atoms with Gasteiger partial charge in [-0.1, -0.05) is 30.3 Å². The zero-order chi connectivity index (χ0) is 21.4. The molecule has 1 aromatic carbocycles. The number of hydrogen-bond donors (Lipinski definition) is 3. The molecule has 0 radical (unpaired) electrons. The molecule has 0 spiro atoms. The van der Waals surface area contributed by atoms with Crippen LogP contribution in [0.2, 0.25) is 0 Å². The summed E-state index contributed by atoms with van der Waals surface area (Å²) in [7, 11) is 1.38. The monoisotopic (exact) mass is 394 g/mol. The smallest absolute Gasteiger partial charge is 0.338 e. The highest BCUT2D eigenvalue weighted by atomic mass is 16.6. The van der Waals surface area contributed by atoms with Crippen molar-refractivity contribution in [3.05, 3.63) is 35.9 Å². The van der Waals surface area contributed by atoms with Crippen LogP contribution in [0.25, 0.3) is 0 Å². The molecule has 0 aliphatic carbocycles. The predicted molar refractivity (Wildman–Crippen MR) is 103 cm³/mol. The Morgan fingerprint density at radius 2 is 1.79 bits per heavy atom. The molecule has 156 valence electrons. The summed E-state index contributed by atoms with van der Waals surface area (Å²) in [6.07, 6.45) is 0.314. The molecule has 0 bridgehead atoms. The van der Waals surface area contributed by atoms with Crippen molar-refractivity contribution in [2.24, 2.45) is 5.73 Å². The molecular formula is C20H30N2O6. The van der Waals surface area contributed by atoms with Crippen molar-refractivity contribution in [2.75, 3.05) is 7.05 Å². The number of rotatable bonds is 10. The van der Waals surface area contributed by atoms with Crippen LogP contribution in [0.15, 0.2) is 30.3 Å². The Labute approximate surface area is 165 Å². The summed E-state index contributed by atoms with van der Waals surface area (Å²) >= 11 is 0. The Balaban J connectivity index is 2.69. The molecule has 0 aliphatic rings. The van der Waals surface area contributed by atoms with Gasteiger partial charge in [-0.15, -0.1) is 0 Å². The Kier molecular flexibility index (Phi) is 8.59. The summed E-state index contributed by atoms with van der Waals surface area (Å²) in [5.74, 6) is -2.80. The minimum Gasteiger partial charge on any atom is -0.479 e. The maximum Gasteiger partial charge on any atom is 0.338 e. The van der Waals surface area contributed by atoms with Crippen LogP contribution in [-0.2, 0) is 30.5 Å². The number of carbonyl (C=O) groups excluding carboxylic acids is 2. The third kappa shape index (κ3) is 6.94. The fraction of sp³-hybridized carbons (Fsp3) is 0.550. The van der Waals surface area contributed by atoms with Crippen LogP contribution >= 0.6 is 0 Å². The number of benzene rings is 1. The summed E-state index contributed by atoms with van der Waals surface area (Å²) in [5.41, 5.74) is 4.00. The lowest BCUT2D eigenvalue weighted by Gasteiger charge is -2.27. The summed E-state index contributed by atoms with van der Waals surface area (Å²) in [6.45, 7) is 5.16. The number of ether oxygens (including phenoxy) is 2. The maximum atomic E-state index is 12.5. The second kappa shape index (κ2) is 10.2. The van der Waals surface area contributed by atoms with Crippen LogP contribution in [0.5, 0.6) is 0 Å². The number of aliphatic carboxylic acids is 1. The first kappa shape index (κ1) is 23.6. The number of carboxylic acids is 1. The SMILES string of the molecule is CN[C@@](CCCC(N)C(=O)OC(C)(C)C)(C(=O)O)C(=O)OCc1ccccc1. The molecule has 0 heterocycles. The van der Waals surface area contributed by atoms with E-state index in [2.05, 4.69) is 5.32 Å². The lowest BCUT2D eigenvalue weighted by atomic mass is 9.91. The largest absolute Gasteiger partial charge is 0.479 e. The van der Waals surface area contributed by atoms with Gasteiger partial charge in [0, 0.05) is 0 Å². The van der Waals surface area contributed by atoms with E-state index in [9.17, 15) is 19.5 Å². The van der Waals surface area contributed by atoms with Crippen LogP contribution in [0.4, 0.5) is 0 Å². The van der Waals surface area contributed by atoms with Crippen LogP contribution in [-0.4, -0.2) is 47.2 Å². The topological polar surface area (TPSA) is 128 Å². The molecule has 2 atom stereocenters. The van der Waals surface area contributed by atoms with Gasteiger partial charge in [-0.2, -0.15) is 0 Å². The highest BCUT2D eigenvalue weighted by Crippen LogP contribution is 2.19. The van der Waals surface area contributed by atoms with E-state index in [1.807, 2.05) is 6.07 Å². The number of nitrogens with two attached hydrogens (primary N) is 1. The van der Waals surface area contributed by atoms with Crippen molar-refractivity contribution in [1.29, 1.82) is 0 Å². The van der Waals surface area contributed by atoms with Gasteiger partial charge in [0.25, 0.3) is 0 Å². The van der Waals surface area contributed by atoms with Crippen molar-refractivity contribution in [1.82, 2.24) is 5.32 Å². The van der Waals surface area contributed by atoms with Gasteiger partial charge < -0.3 is 20.3 Å².